The maximum Gasteiger partial charge on any atom is 0.245 e. The fourth-order valence-corrected chi connectivity index (χ4v) is 2.56. The van der Waals surface area contributed by atoms with Gasteiger partial charge in [-0.05, 0) is 29.8 Å². The lowest BCUT2D eigenvalue weighted by molar-refractivity contribution is -0.128. The quantitative estimate of drug-likeness (QED) is 0.709. The van der Waals surface area contributed by atoms with Gasteiger partial charge in [-0.3, -0.25) is 20.4 Å². The molecule has 1 aromatic heterocycles. The van der Waals surface area contributed by atoms with Crippen molar-refractivity contribution in [2.75, 3.05) is 0 Å². The van der Waals surface area contributed by atoms with Gasteiger partial charge in [0.1, 0.15) is 11.6 Å². The number of amides is 2. The maximum atomic E-state index is 13.1. The van der Waals surface area contributed by atoms with Crippen LogP contribution in [0.4, 0.5) is 4.39 Å². The van der Waals surface area contributed by atoms with Crippen LogP contribution >= 0.6 is 0 Å². The van der Waals surface area contributed by atoms with Gasteiger partial charge in [0, 0.05) is 7.05 Å². The summed E-state index contributed by atoms with van der Waals surface area (Å²) in [5, 5.41) is 0. The summed E-state index contributed by atoms with van der Waals surface area (Å²) in [5.41, 5.74) is 6.95. The molecule has 0 saturated carbocycles. The summed E-state index contributed by atoms with van der Waals surface area (Å²) in [6.45, 7) is 0. The van der Waals surface area contributed by atoms with Crippen LogP contribution < -0.4 is 10.9 Å². The maximum absolute atomic E-state index is 13.1. The lowest BCUT2D eigenvalue weighted by atomic mass is 10.1. The number of hydrazine groups is 1. The average Bonchev–Trinajstić information content (AvgIpc) is 2.89. The fourth-order valence-electron chi connectivity index (χ4n) is 2.56. The number of para-hydroxylation sites is 2. The molecule has 0 fully saturated rings. The molecule has 3 aromatic rings. The van der Waals surface area contributed by atoms with E-state index in [9.17, 15) is 14.0 Å². The van der Waals surface area contributed by atoms with Crippen LogP contribution in [0.25, 0.3) is 11.0 Å². The van der Waals surface area contributed by atoms with Crippen LogP contribution in [0.1, 0.15) is 11.4 Å². The zero-order chi connectivity index (χ0) is 17.8. The highest BCUT2D eigenvalue weighted by molar-refractivity contribution is 5.84. The number of nitrogens with zero attached hydrogens (tertiary/aromatic N) is 2. The van der Waals surface area contributed by atoms with Crippen LogP contribution in [-0.2, 0) is 29.5 Å². The number of aryl methyl sites for hydroxylation is 1. The van der Waals surface area contributed by atoms with E-state index in [-0.39, 0.29) is 18.7 Å². The van der Waals surface area contributed by atoms with Gasteiger partial charge in [0.25, 0.3) is 0 Å². The predicted molar refractivity (Wildman–Crippen MR) is 90.8 cm³/mol. The Hall–Kier alpha value is -3.22. The number of carbonyl (C=O) groups excluding carboxylic acids is 2. The number of hydrogen-bond donors (Lipinski definition) is 2. The molecule has 0 unspecified atom stereocenters. The Morgan fingerprint density at radius 2 is 1.76 bits per heavy atom. The number of fused-ring (bicyclic) bond motifs is 1. The highest BCUT2D eigenvalue weighted by atomic mass is 19.1. The standard InChI is InChI=1S/C18H17FN4O2/c1-23-15-8-3-2-7-14(15)20-16(23)11-18(25)22-21-17(24)10-12-5-4-6-13(19)9-12/h2-9H,10-11H2,1H3,(H,21,24)(H,22,25). The Morgan fingerprint density at radius 1 is 1.04 bits per heavy atom. The summed E-state index contributed by atoms with van der Waals surface area (Å²) < 4.78 is 14.9. The van der Waals surface area contributed by atoms with Crippen molar-refractivity contribution in [1.82, 2.24) is 20.4 Å². The van der Waals surface area contributed by atoms with Gasteiger partial charge in [0.15, 0.2) is 0 Å². The summed E-state index contributed by atoms with van der Waals surface area (Å²) in [5.74, 6) is -0.621. The molecule has 2 amide bonds. The molecule has 0 aliphatic rings. The molecule has 7 heteroatoms. The number of benzene rings is 2. The molecular weight excluding hydrogens is 323 g/mol. The second-order valence-corrected chi connectivity index (χ2v) is 5.66. The Labute approximate surface area is 143 Å². The van der Waals surface area contributed by atoms with E-state index in [4.69, 9.17) is 0 Å². The second kappa shape index (κ2) is 7.12. The van der Waals surface area contributed by atoms with Gasteiger partial charge in [-0.1, -0.05) is 24.3 Å². The normalized spacial score (nSPS) is 10.6. The summed E-state index contributed by atoms with van der Waals surface area (Å²) >= 11 is 0. The van der Waals surface area contributed by atoms with Gasteiger partial charge in [-0.15, -0.1) is 0 Å². The van der Waals surface area contributed by atoms with Crippen LogP contribution in [0.3, 0.4) is 0 Å². The lowest BCUT2D eigenvalue weighted by Gasteiger charge is -2.07. The second-order valence-electron chi connectivity index (χ2n) is 5.66. The molecular formula is C18H17FN4O2. The molecule has 0 atom stereocenters. The third-order valence-corrected chi connectivity index (χ3v) is 3.79. The van der Waals surface area contributed by atoms with E-state index in [1.165, 1.54) is 18.2 Å². The van der Waals surface area contributed by atoms with Crippen LogP contribution in [0.5, 0.6) is 0 Å². The third-order valence-electron chi connectivity index (χ3n) is 3.79. The average molecular weight is 340 g/mol. The molecule has 2 aromatic carbocycles. The molecule has 0 radical (unpaired) electrons. The molecule has 0 aliphatic heterocycles. The van der Waals surface area contributed by atoms with E-state index in [2.05, 4.69) is 15.8 Å². The predicted octanol–water partition coefficient (Wildman–Crippen LogP) is 1.64. The first-order valence-electron chi connectivity index (χ1n) is 7.75. The monoisotopic (exact) mass is 340 g/mol. The SMILES string of the molecule is Cn1c(CC(=O)NNC(=O)Cc2cccc(F)c2)nc2ccccc21. The summed E-state index contributed by atoms with van der Waals surface area (Å²) in [7, 11) is 1.83. The molecule has 1 heterocycles. The van der Waals surface area contributed by atoms with Crippen molar-refractivity contribution in [2.24, 2.45) is 7.05 Å². The number of hydrogen-bond acceptors (Lipinski definition) is 3. The van der Waals surface area contributed by atoms with E-state index in [0.29, 0.717) is 11.4 Å². The molecule has 6 nitrogen and oxygen atoms in total. The van der Waals surface area contributed by atoms with E-state index in [1.807, 2.05) is 35.9 Å². The lowest BCUT2D eigenvalue weighted by Crippen LogP contribution is -2.43. The number of rotatable bonds is 4. The van der Waals surface area contributed by atoms with E-state index >= 15 is 0 Å². The van der Waals surface area contributed by atoms with Gasteiger partial charge in [0.2, 0.25) is 11.8 Å². The van der Waals surface area contributed by atoms with Gasteiger partial charge in [-0.25, -0.2) is 9.37 Å². The highest BCUT2D eigenvalue weighted by Gasteiger charge is 2.12. The summed E-state index contributed by atoms with van der Waals surface area (Å²) in [6, 6.07) is 13.3. The Morgan fingerprint density at radius 3 is 2.48 bits per heavy atom. The zero-order valence-electron chi connectivity index (χ0n) is 13.6. The number of nitrogens with one attached hydrogen (secondary N) is 2. The van der Waals surface area contributed by atoms with Crippen molar-refractivity contribution in [1.29, 1.82) is 0 Å². The van der Waals surface area contributed by atoms with E-state index in [1.54, 1.807) is 6.07 Å². The molecule has 0 bridgehead atoms. The van der Waals surface area contributed by atoms with Crippen LogP contribution in [0.2, 0.25) is 0 Å². The zero-order valence-corrected chi connectivity index (χ0v) is 13.6. The molecule has 0 aliphatic carbocycles. The summed E-state index contributed by atoms with van der Waals surface area (Å²) in [4.78, 5) is 28.2. The van der Waals surface area contributed by atoms with Crippen LogP contribution in [-0.4, -0.2) is 21.4 Å². The first kappa shape index (κ1) is 16.6. The first-order valence-corrected chi connectivity index (χ1v) is 7.75. The van der Waals surface area contributed by atoms with Crippen molar-refractivity contribution in [3.8, 4) is 0 Å². The fraction of sp³-hybridized carbons (Fsp3) is 0.167. The number of halogens is 1. The Balaban J connectivity index is 1.55. The largest absolute Gasteiger partial charge is 0.331 e. The Bertz CT molecular complexity index is 936. The molecule has 128 valence electrons. The molecule has 2 N–H and O–H groups in total. The van der Waals surface area contributed by atoms with Crippen molar-refractivity contribution in [3.05, 3.63) is 65.7 Å². The van der Waals surface area contributed by atoms with Crippen LogP contribution in [0, 0.1) is 5.82 Å². The number of carbonyl (C=O) groups is 2. The molecule has 3 rings (SSSR count). The minimum Gasteiger partial charge on any atom is -0.331 e. The van der Waals surface area contributed by atoms with Crippen molar-refractivity contribution >= 4 is 22.8 Å². The van der Waals surface area contributed by atoms with Crippen LogP contribution in [0.15, 0.2) is 48.5 Å². The molecule has 0 spiro atoms. The van der Waals surface area contributed by atoms with E-state index < -0.39 is 11.7 Å². The number of aromatic nitrogens is 2. The minimum atomic E-state index is -0.427. The van der Waals surface area contributed by atoms with Gasteiger partial charge in [-0.2, -0.15) is 0 Å². The van der Waals surface area contributed by atoms with Crippen molar-refractivity contribution < 1.29 is 14.0 Å². The van der Waals surface area contributed by atoms with Crippen molar-refractivity contribution in [2.45, 2.75) is 12.8 Å². The molecule has 25 heavy (non-hydrogen) atoms. The van der Waals surface area contributed by atoms with Gasteiger partial charge >= 0.3 is 0 Å². The smallest absolute Gasteiger partial charge is 0.245 e. The highest BCUT2D eigenvalue weighted by Crippen LogP contribution is 2.14. The Kier molecular flexibility index (Phi) is 4.74. The minimum absolute atomic E-state index is 0.0235. The van der Waals surface area contributed by atoms with E-state index in [0.717, 1.165) is 11.0 Å². The summed E-state index contributed by atoms with van der Waals surface area (Å²) in [6.07, 6.45) is 0.00968. The van der Waals surface area contributed by atoms with Gasteiger partial charge in [0.05, 0.1) is 23.9 Å². The number of imidazole rings is 1. The van der Waals surface area contributed by atoms with Gasteiger partial charge < -0.3 is 4.57 Å². The topological polar surface area (TPSA) is 76.0 Å². The first-order chi connectivity index (χ1) is 12.0. The van der Waals surface area contributed by atoms with Crippen molar-refractivity contribution in [3.63, 3.8) is 0 Å². The third kappa shape index (κ3) is 4.00. The molecule has 0 saturated heterocycles.